The van der Waals surface area contributed by atoms with E-state index in [-0.39, 0.29) is 55.4 Å². The molecule has 4 rings (SSSR count). The summed E-state index contributed by atoms with van der Waals surface area (Å²) >= 11 is 0. The average Bonchev–Trinajstić information content (AvgIpc) is 3.18. The molecule has 3 fully saturated rings. The van der Waals surface area contributed by atoms with Crippen molar-refractivity contribution < 1.29 is 58.2 Å². The molecule has 4 aliphatic rings. The molecule has 0 aromatic carbocycles. The second-order valence-electron chi connectivity index (χ2n) is 17.1. The summed E-state index contributed by atoms with van der Waals surface area (Å²) in [5, 5.41) is 34.1. The number of esters is 1. The summed E-state index contributed by atoms with van der Waals surface area (Å²) in [5.74, 6) is -7.11. The Kier molecular flexibility index (Phi) is 16.9. The van der Waals surface area contributed by atoms with Gasteiger partial charge in [0.2, 0.25) is 5.79 Å². The molecule has 2 saturated heterocycles. The summed E-state index contributed by atoms with van der Waals surface area (Å²) in [7, 11) is 4.63. The Labute approximate surface area is 333 Å². The number of aliphatic hydroxyl groups is 3. The molecule has 0 spiro atoms. The van der Waals surface area contributed by atoms with Crippen LogP contribution in [0.1, 0.15) is 112 Å². The number of carbonyl (C=O) groups excluding carboxylic acids is 4. The minimum atomic E-state index is -2.50. The topological polar surface area (TPSA) is 178 Å². The number of ketones is 2. The average molecular weight is 792 g/mol. The SMILES string of the molecule is CC/C1=C\C(C)C[C@H](C)C[C@H](OC)[C@H]2O[C@@](O)(C(=O)C(=O)N3CCCC[C@H]3C(=O)O[C@H](C(C)=C[C@@H]3CC[C@@H](O)[C@H](OC)C3)[C@H](C)[C@@H](O)CC1=O)[C@H](C)C[C@@H]2OC. The number of methoxy groups -OCH3 is 3. The summed E-state index contributed by atoms with van der Waals surface area (Å²) in [5.41, 5.74) is 1.28. The molecule has 1 saturated carbocycles. The number of rotatable bonds is 6. The van der Waals surface area contributed by atoms with Crippen molar-refractivity contribution in [2.75, 3.05) is 27.9 Å². The molecule has 3 N–H and O–H groups in total. The Hall–Kier alpha value is -2.52. The minimum absolute atomic E-state index is 0.000447. The maximum absolute atomic E-state index is 14.3. The fourth-order valence-electron chi connectivity index (χ4n) is 9.42. The van der Waals surface area contributed by atoms with Crippen LogP contribution in [-0.4, -0.2) is 126 Å². The number of nitrogens with zero attached hydrogens (tertiary/aromatic N) is 1. The largest absolute Gasteiger partial charge is 0.456 e. The number of piperidine rings is 1. The summed E-state index contributed by atoms with van der Waals surface area (Å²) in [6.07, 6.45) is 3.70. The third-order valence-corrected chi connectivity index (χ3v) is 12.9. The number of hydrogen-bond donors (Lipinski definition) is 3. The van der Waals surface area contributed by atoms with Gasteiger partial charge < -0.3 is 43.9 Å². The van der Waals surface area contributed by atoms with E-state index in [1.54, 1.807) is 21.0 Å². The zero-order valence-electron chi connectivity index (χ0n) is 35.1. The Morgan fingerprint density at radius 1 is 0.893 bits per heavy atom. The first-order valence-electron chi connectivity index (χ1n) is 20.8. The summed E-state index contributed by atoms with van der Waals surface area (Å²) < 4.78 is 29.7. The fraction of sp³-hybridized carbons (Fsp3) is 0.814. The quantitative estimate of drug-likeness (QED) is 0.196. The Morgan fingerprint density at radius 2 is 1.55 bits per heavy atom. The summed E-state index contributed by atoms with van der Waals surface area (Å²) in [6.45, 7) is 11.3. The maximum atomic E-state index is 14.3. The van der Waals surface area contributed by atoms with Crippen molar-refractivity contribution in [3.05, 3.63) is 23.3 Å². The number of ether oxygens (including phenoxy) is 5. The number of hydrogen-bond acceptors (Lipinski definition) is 12. The van der Waals surface area contributed by atoms with Crippen molar-refractivity contribution in [1.82, 2.24) is 4.90 Å². The summed E-state index contributed by atoms with van der Waals surface area (Å²) in [4.78, 5) is 57.6. The molecule has 3 heterocycles. The fourth-order valence-corrected chi connectivity index (χ4v) is 9.42. The lowest BCUT2D eigenvalue weighted by Crippen LogP contribution is -2.64. The smallest absolute Gasteiger partial charge is 0.329 e. The Morgan fingerprint density at radius 3 is 2.20 bits per heavy atom. The first-order chi connectivity index (χ1) is 26.5. The van der Waals surface area contributed by atoms with Gasteiger partial charge in [0.1, 0.15) is 18.2 Å². The monoisotopic (exact) mass is 791 g/mol. The molecule has 2 bridgehead atoms. The molecule has 318 valence electrons. The molecule has 56 heavy (non-hydrogen) atoms. The van der Waals surface area contributed by atoms with E-state index in [2.05, 4.69) is 6.92 Å². The minimum Gasteiger partial charge on any atom is -0.456 e. The second kappa shape index (κ2) is 20.4. The number of Topliss-reactive ketones (excluding diaryl/α,β-unsaturated/α-hetero) is 2. The highest BCUT2D eigenvalue weighted by Gasteiger charge is 2.56. The molecule has 1 aliphatic carbocycles. The van der Waals surface area contributed by atoms with Crippen molar-refractivity contribution in [1.29, 1.82) is 0 Å². The number of amides is 1. The lowest BCUT2D eigenvalue weighted by atomic mass is 9.81. The highest BCUT2D eigenvalue weighted by molar-refractivity contribution is 6.39. The van der Waals surface area contributed by atoms with Gasteiger partial charge in [0.25, 0.3) is 11.7 Å². The van der Waals surface area contributed by atoms with E-state index in [1.165, 1.54) is 19.1 Å². The molecule has 13 nitrogen and oxygen atoms in total. The van der Waals surface area contributed by atoms with Crippen LogP contribution in [0, 0.1) is 29.6 Å². The molecular weight excluding hydrogens is 722 g/mol. The van der Waals surface area contributed by atoms with Gasteiger partial charge in [-0.15, -0.1) is 0 Å². The zero-order valence-corrected chi connectivity index (χ0v) is 35.1. The highest BCUT2D eigenvalue weighted by Crippen LogP contribution is 2.39. The number of cyclic esters (lactones) is 1. The molecule has 3 aliphatic heterocycles. The third kappa shape index (κ3) is 10.7. The number of carbonyl (C=O) groups is 4. The van der Waals surface area contributed by atoms with Crippen LogP contribution in [0.2, 0.25) is 0 Å². The van der Waals surface area contributed by atoms with Gasteiger partial charge in [-0.3, -0.25) is 14.4 Å². The number of allylic oxidation sites excluding steroid dienone is 3. The van der Waals surface area contributed by atoms with E-state index in [0.29, 0.717) is 62.5 Å². The van der Waals surface area contributed by atoms with E-state index in [9.17, 15) is 34.5 Å². The van der Waals surface area contributed by atoms with Crippen LogP contribution in [0.4, 0.5) is 0 Å². The van der Waals surface area contributed by atoms with Gasteiger partial charge in [0.05, 0.1) is 30.5 Å². The van der Waals surface area contributed by atoms with Crippen molar-refractivity contribution in [3.8, 4) is 0 Å². The molecule has 0 radical (unpaired) electrons. The number of aliphatic hydroxyl groups excluding tert-OH is 2. The van der Waals surface area contributed by atoms with Crippen LogP contribution in [0.25, 0.3) is 0 Å². The van der Waals surface area contributed by atoms with E-state index >= 15 is 0 Å². The predicted molar refractivity (Wildman–Crippen MR) is 208 cm³/mol. The van der Waals surface area contributed by atoms with E-state index in [1.807, 2.05) is 32.9 Å². The number of fused-ring (bicyclic) bond motifs is 3. The van der Waals surface area contributed by atoms with Gasteiger partial charge in [0.15, 0.2) is 5.78 Å². The van der Waals surface area contributed by atoms with Gasteiger partial charge in [0, 0.05) is 46.1 Å². The van der Waals surface area contributed by atoms with E-state index in [0.717, 1.165) is 0 Å². The first kappa shape index (κ1) is 46.2. The van der Waals surface area contributed by atoms with Crippen molar-refractivity contribution in [2.24, 2.45) is 29.6 Å². The van der Waals surface area contributed by atoms with Crippen molar-refractivity contribution in [2.45, 2.75) is 167 Å². The van der Waals surface area contributed by atoms with Crippen molar-refractivity contribution >= 4 is 23.4 Å². The zero-order chi connectivity index (χ0) is 41.5. The normalized spacial score (nSPS) is 41.6. The molecule has 14 atom stereocenters. The summed E-state index contributed by atoms with van der Waals surface area (Å²) in [6, 6.07) is -1.13. The third-order valence-electron chi connectivity index (χ3n) is 12.9. The van der Waals surface area contributed by atoms with Gasteiger partial charge in [-0.2, -0.15) is 0 Å². The van der Waals surface area contributed by atoms with Gasteiger partial charge >= 0.3 is 5.97 Å². The van der Waals surface area contributed by atoms with Gasteiger partial charge in [-0.25, -0.2) is 4.79 Å². The van der Waals surface area contributed by atoms with Crippen LogP contribution in [-0.2, 0) is 42.9 Å². The van der Waals surface area contributed by atoms with Crippen LogP contribution in [0.15, 0.2) is 23.3 Å². The molecular formula is C43H69NO12. The van der Waals surface area contributed by atoms with Gasteiger partial charge in [-0.05, 0) is 100 Å². The Bertz CT molecular complexity index is 1430. The molecule has 1 unspecified atom stereocenters. The molecule has 0 aromatic heterocycles. The van der Waals surface area contributed by atoms with Crippen LogP contribution < -0.4 is 0 Å². The van der Waals surface area contributed by atoms with Crippen LogP contribution >= 0.6 is 0 Å². The lowest BCUT2D eigenvalue weighted by Gasteiger charge is -2.47. The van der Waals surface area contributed by atoms with E-state index < -0.39 is 77.9 Å². The molecule has 0 aromatic rings. The lowest BCUT2D eigenvalue weighted by molar-refractivity contribution is -0.302. The predicted octanol–water partition coefficient (Wildman–Crippen LogP) is 4.47. The second-order valence-corrected chi connectivity index (χ2v) is 17.1. The highest BCUT2D eigenvalue weighted by atomic mass is 16.7. The maximum Gasteiger partial charge on any atom is 0.329 e. The van der Waals surface area contributed by atoms with Gasteiger partial charge in [-0.1, -0.05) is 46.8 Å². The van der Waals surface area contributed by atoms with Crippen molar-refractivity contribution in [3.63, 3.8) is 0 Å². The van der Waals surface area contributed by atoms with E-state index in [4.69, 9.17) is 23.7 Å². The molecule has 1 amide bonds. The standard InChI is InChI=1S/C43H69NO12/c1-10-30-18-24(2)17-25(3)19-36(53-8)39-37(54-9)21-27(5)43(51,56-39)40(48)41(49)44-16-12-11-13-31(44)42(50)55-38(28(6)33(46)23-34(30)47)26(4)20-29-14-15-32(45)35(22-29)52-7/h18,20,24-25,27-29,31-33,35-39,45-46,51H,10-17,19,21-23H2,1-9H3/b26-20?,30-18+/t24?,25-,27+,28+,29-,31-,32+,33-,35+,36-,37-,38+,39+,43+/m0/s1. The van der Waals surface area contributed by atoms with Crippen LogP contribution in [0.3, 0.4) is 0 Å². The first-order valence-corrected chi connectivity index (χ1v) is 20.8. The Balaban J connectivity index is 1.76. The van der Waals surface area contributed by atoms with Crippen LogP contribution in [0.5, 0.6) is 0 Å². The molecule has 13 heteroatoms.